The molecule has 2 aromatic heterocycles. The molecule has 0 aliphatic carbocycles. The lowest BCUT2D eigenvalue weighted by molar-refractivity contribution is -0.116. The zero-order valence-electron chi connectivity index (χ0n) is 12.2. The number of rotatable bonds is 7. The molecule has 2 aromatic rings. The summed E-state index contributed by atoms with van der Waals surface area (Å²) >= 11 is 1.52. The number of aromatic nitrogens is 3. The van der Waals surface area contributed by atoms with Crippen molar-refractivity contribution in [3.8, 4) is 0 Å². The second kappa shape index (κ2) is 6.81. The summed E-state index contributed by atoms with van der Waals surface area (Å²) in [5.41, 5.74) is 1.03. The monoisotopic (exact) mass is 295 g/mol. The largest absolute Gasteiger partial charge is 0.306 e. The van der Waals surface area contributed by atoms with Crippen molar-refractivity contribution in [1.82, 2.24) is 19.5 Å². The van der Waals surface area contributed by atoms with Crippen molar-refractivity contribution in [3.05, 3.63) is 11.1 Å². The SMILES string of the molecule is CCCCN(C)CCC(=O)Nc1nc2scc(C)n2n1. The highest BCUT2D eigenvalue weighted by molar-refractivity contribution is 7.15. The Bertz CT molecular complexity index is 576. The number of carbonyl (C=O) groups excluding carboxylic acids is 1. The fourth-order valence-electron chi connectivity index (χ4n) is 1.86. The highest BCUT2D eigenvalue weighted by atomic mass is 32.1. The van der Waals surface area contributed by atoms with Crippen LogP contribution in [0.15, 0.2) is 5.38 Å². The maximum atomic E-state index is 11.9. The molecule has 0 aromatic carbocycles. The van der Waals surface area contributed by atoms with Crippen LogP contribution < -0.4 is 5.32 Å². The predicted molar refractivity (Wildman–Crippen MR) is 81.3 cm³/mol. The molecule has 2 rings (SSSR count). The molecule has 0 saturated carbocycles. The molecule has 1 amide bonds. The first-order valence-corrected chi connectivity index (χ1v) is 7.77. The van der Waals surface area contributed by atoms with Crippen LogP contribution in [0.3, 0.4) is 0 Å². The maximum Gasteiger partial charge on any atom is 0.250 e. The summed E-state index contributed by atoms with van der Waals surface area (Å²) in [6.07, 6.45) is 2.80. The van der Waals surface area contributed by atoms with Gasteiger partial charge in [-0.2, -0.15) is 4.98 Å². The molecule has 0 spiro atoms. The fourth-order valence-corrected chi connectivity index (χ4v) is 2.66. The summed E-state index contributed by atoms with van der Waals surface area (Å²) in [7, 11) is 2.04. The second-order valence-corrected chi connectivity index (χ2v) is 5.80. The van der Waals surface area contributed by atoms with E-state index in [9.17, 15) is 4.79 Å². The van der Waals surface area contributed by atoms with Crippen molar-refractivity contribution < 1.29 is 4.79 Å². The summed E-state index contributed by atoms with van der Waals surface area (Å²) in [6.45, 7) is 5.92. The molecule has 110 valence electrons. The molecular formula is C13H21N5OS. The summed E-state index contributed by atoms with van der Waals surface area (Å²) in [6, 6.07) is 0. The minimum Gasteiger partial charge on any atom is -0.306 e. The Hall–Kier alpha value is -1.47. The Morgan fingerprint density at radius 1 is 1.50 bits per heavy atom. The predicted octanol–water partition coefficient (Wildman–Crippen LogP) is 2.16. The van der Waals surface area contributed by atoms with E-state index < -0.39 is 0 Å². The lowest BCUT2D eigenvalue weighted by Gasteiger charge is -2.15. The van der Waals surface area contributed by atoms with Gasteiger partial charge in [0, 0.05) is 18.3 Å². The Balaban J connectivity index is 1.82. The molecule has 0 radical (unpaired) electrons. The van der Waals surface area contributed by atoms with Gasteiger partial charge in [-0.05, 0) is 26.9 Å². The van der Waals surface area contributed by atoms with Gasteiger partial charge >= 0.3 is 0 Å². The molecule has 20 heavy (non-hydrogen) atoms. The van der Waals surface area contributed by atoms with E-state index in [4.69, 9.17) is 0 Å². The van der Waals surface area contributed by atoms with Crippen molar-refractivity contribution in [3.63, 3.8) is 0 Å². The lowest BCUT2D eigenvalue weighted by atomic mass is 10.3. The summed E-state index contributed by atoms with van der Waals surface area (Å²) in [5, 5.41) is 9.00. The molecule has 0 bridgehead atoms. The molecule has 6 nitrogen and oxygen atoms in total. The van der Waals surface area contributed by atoms with E-state index in [-0.39, 0.29) is 5.91 Å². The smallest absolute Gasteiger partial charge is 0.250 e. The number of nitrogens with one attached hydrogen (secondary N) is 1. The van der Waals surface area contributed by atoms with Crippen LogP contribution in [0.2, 0.25) is 0 Å². The van der Waals surface area contributed by atoms with Crippen molar-refractivity contribution >= 4 is 28.2 Å². The first-order chi connectivity index (χ1) is 9.60. The molecule has 2 heterocycles. The Morgan fingerprint density at radius 3 is 3.00 bits per heavy atom. The number of carbonyl (C=O) groups is 1. The van der Waals surface area contributed by atoms with Crippen LogP contribution in [-0.2, 0) is 4.79 Å². The number of thiazole rings is 1. The highest BCUT2D eigenvalue weighted by Gasteiger charge is 2.10. The van der Waals surface area contributed by atoms with Crippen molar-refractivity contribution in [2.45, 2.75) is 33.1 Å². The number of nitrogens with zero attached hydrogens (tertiary/aromatic N) is 4. The highest BCUT2D eigenvalue weighted by Crippen LogP contribution is 2.15. The van der Waals surface area contributed by atoms with E-state index in [1.165, 1.54) is 17.8 Å². The maximum absolute atomic E-state index is 11.9. The minimum atomic E-state index is -0.0377. The van der Waals surface area contributed by atoms with E-state index in [0.29, 0.717) is 12.4 Å². The van der Waals surface area contributed by atoms with Gasteiger partial charge in [-0.3, -0.25) is 10.1 Å². The van der Waals surface area contributed by atoms with Gasteiger partial charge in [0.15, 0.2) is 0 Å². The van der Waals surface area contributed by atoms with Gasteiger partial charge in [0.2, 0.25) is 16.8 Å². The van der Waals surface area contributed by atoms with Crippen LogP contribution in [0.5, 0.6) is 0 Å². The minimum absolute atomic E-state index is 0.0377. The van der Waals surface area contributed by atoms with Crippen LogP contribution in [-0.4, -0.2) is 45.5 Å². The van der Waals surface area contributed by atoms with E-state index >= 15 is 0 Å². The number of hydrogen-bond acceptors (Lipinski definition) is 5. The van der Waals surface area contributed by atoms with Crippen LogP contribution in [0, 0.1) is 6.92 Å². The zero-order chi connectivity index (χ0) is 14.5. The zero-order valence-corrected chi connectivity index (χ0v) is 13.0. The summed E-state index contributed by atoms with van der Waals surface area (Å²) in [4.78, 5) is 19.1. The van der Waals surface area contributed by atoms with Crippen LogP contribution in [0.4, 0.5) is 5.95 Å². The van der Waals surface area contributed by atoms with Gasteiger partial charge in [-0.15, -0.1) is 16.4 Å². The van der Waals surface area contributed by atoms with Crippen molar-refractivity contribution in [1.29, 1.82) is 0 Å². The third-order valence-electron chi connectivity index (χ3n) is 3.11. The normalized spacial score (nSPS) is 11.4. The number of anilines is 1. The van der Waals surface area contributed by atoms with E-state index in [1.807, 2.05) is 19.4 Å². The standard InChI is InChI=1S/C13H21N5OS/c1-4-5-7-17(3)8-6-11(19)14-12-15-13-18(16-12)10(2)9-20-13/h9H,4-8H2,1-3H3,(H,14,16,19). The number of fused-ring (bicyclic) bond motifs is 1. The lowest BCUT2D eigenvalue weighted by Crippen LogP contribution is -2.25. The van der Waals surface area contributed by atoms with E-state index in [0.717, 1.165) is 30.2 Å². The number of unbranched alkanes of at least 4 members (excludes halogenated alkanes) is 1. The summed E-state index contributed by atoms with van der Waals surface area (Å²) < 4.78 is 1.74. The number of hydrogen-bond donors (Lipinski definition) is 1. The van der Waals surface area contributed by atoms with E-state index in [1.54, 1.807) is 4.52 Å². The average molecular weight is 295 g/mol. The number of amides is 1. The molecule has 1 N–H and O–H groups in total. The van der Waals surface area contributed by atoms with Crippen molar-refractivity contribution in [2.75, 3.05) is 25.5 Å². The van der Waals surface area contributed by atoms with Gasteiger partial charge in [-0.1, -0.05) is 13.3 Å². The molecule has 0 atom stereocenters. The first-order valence-electron chi connectivity index (χ1n) is 6.89. The third kappa shape index (κ3) is 3.77. The van der Waals surface area contributed by atoms with Crippen LogP contribution in [0.1, 0.15) is 31.9 Å². The van der Waals surface area contributed by atoms with E-state index in [2.05, 4.69) is 27.2 Å². The molecule has 0 fully saturated rings. The molecule has 0 aliphatic rings. The quantitative estimate of drug-likeness (QED) is 0.850. The Kier molecular flexibility index (Phi) is 5.08. The van der Waals surface area contributed by atoms with Gasteiger partial charge in [0.05, 0.1) is 5.69 Å². The molecular weight excluding hydrogens is 274 g/mol. The van der Waals surface area contributed by atoms with Crippen molar-refractivity contribution in [2.24, 2.45) is 0 Å². The molecule has 0 saturated heterocycles. The number of aryl methyl sites for hydroxylation is 1. The molecule has 0 aliphatic heterocycles. The van der Waals surface area contributed by atoms with Crippen LogP contribution >= 0.6 is 11.3 Å². The topological polar surface area (TPSA) is 62.5 Å². The van der Waals surface area contributed by atoms with Gasteiger partial charge in [-0.25, -0.2) is 4.52 Å². The van der Waals surface area contributed by atoms with Gasteiger partial charge < -0.3 is 4.90 Å². The van der Waals surface area contributed by atoms with Crippen LogP contribution in [0.25, 0.3) is 4.96 Å². The fraction of sp³-hybridized carbons (Fsp3) is 0.615. The second-order valence-electron chi connectivity index (χ2n) is 4.96. The Labute approximate surface area is 122 Å². The van der Waals surface area contributed by atoms with Gasteiger partial charge in [0.25, 0.3) is 0 Å². The average Bonchev–Trinajstić information content (AvgIpc) is 2.96. The molecule has 7 heteroatoms. The third-order valence-corrected chi connectivity index (χ3v) is 4.05. The first kappa shape index (κ1) is 14.9. The van der Waals surface area contributed by atoms with Gasteiger partial charge in [0.1, 0.15) is 0 Å². The molecule has 0 unspecified atom stereocenters. The Morgan fingerprint density at radius 2 is 2.30 bits per heavy atom. The summed E-state index contributed by atoms with van der Waals surface area (Å²) in [5.74, 6) is 0.352.